The molecular weight excluding hydrogens is 290 g/mol. The van der Waals surface area contributed by atoms with E-state index in [2.05, 4.69) is 42.0 Å². The second-order valence-electron chi connectivity index (χ2n) is 4.62. The van der Waals surface area contributed by atoms with Crippen LogP contribution in [0.15, 0.2) is 28.7 Å². The maximum Gasteiger partial charge on any atom is 0.119 e. The minimum absolute atomic E-state index is 0.563. The Morgan fingerprint density at radius 2 is 1.78 bits per heavy atom. The summed E-state index contributed by atoms with van der Waals surface area (Å²) in [6.45, 7) is 8.38. The lowest BCUT2D eigenvalue weighted by Gasteiger charge is -2.22. The molecule has 0 saturated carbocycles. The van der Waals surface area contributed by atoms with E-state index in [1.807, 2.05) is 24.3 Å². The van der Waals surface area contributed by atoms with Crippen LogP contribution >= 0.6 is 15.9 Å². The molecule has 18 heavy (non-hydrogen) atoms. The van der Waals surface area contributed by atoms with Crippen LogP contribution in [-0.2, 0) is 0 Å². The van der Waals surface area contributed by atoms with Crippen LogP contribution in [0.2, 0.25) is 0 Å². The predicted octanol–water partition coefficient (Wildman–Crippen LogP) is 4.24. The van der Waals surface area contributed by atoms with Gasteiger partial charge in [-0.2, -0.15) is 0 Å². The van der Waals surface area contributed by atoms with E-state index in [1.165, 1.54) is 12.8 Å². The molecule has 1 unspecified atom stereocenters. The van der Waals surface area contributed by atoms with Gasteiger partial charge in [0.25, 0.3) is 0 Å². The molecule has 0 aliphatic heterocycles. The van der Waals surface area contributed by atoms with Gasteiger partial charge in [0.05, 0.1) is 0 Å². The minimum Gasteiger partial charge on any atom is -0.492 e. The number of nitrogens with one attached hydrogen (secondary N) is 1. The Kier molecular flexibility index (Phi) is 7.36. The van der Waals surface area contributed by atoms with E-state index in [0.29, 0.717) is 12.6 Å². The predicted molar refractivity (Wildman–Crippen MR) is 81.2 cm³/mol. The molecule has 0 spiro atoms. The van der Waals surface area contributed by atoms with Gasteiger partial charge in [0, 0.05) is 17.1 Å². The van der Waals surface area contributed by atoms with E-state index in [0.717, 1.165) is 22.7 Å². The average molecular weight is 314 g/mol. The zero-order valence-electron chi connectivity index (χ0n) is 11.6. The number of ether oxygens (including phenoxy) is 1. The largest absolute Gasteiger partial charge is 0.492 e. The minimum atomic E-state index is 0.563. The Labute approximate surface area is 119 Å². The molecule has 0 radical (unpaired) electrons. The second kappa shape index (κ2) is 8.54. The molecule has 0 saturated heterocycles. The van der Waals surface area contributed by atoms with Gasteiger partial charge in [-0.1, -0.05) is 42.6 Å². The Morgan fingerprint density at radius 1 is 1.17 bits per heavy atom. The summed E-state index contributed by atoms with van der Waals surface area (Å²) in [5, 5.41) is 3.53. The van der Waals surface area contributed by atoms with Crippen LogP contribution in [0.4, 0.5) is 0 Å². The third-order valence-corrected chi connectivity index (χ3v) is 3.94. The van der Waals surface area contributed by atoms with E-state index in [4.69, 9.17) is 4.74 Å². The lowest BCUT2D eigenvalue weighted by atomic mass is 9.96. The zero-order chi connectivity index (χ0) is 13.4. The number of hydrogen-bond donors (Lipinski definition) is 1. The van der Waals surface area contributed by atoms with Crippen LogP contribution in [0, 0.1) is 5.92 Å². The molecule has 0 fully saturated rings. The smallest absolute Gasteiger partial charge is 0.119 e. The maximum absolute atomic E-state index is 5.68. The van der Waals surface area contributed by atoms with Crippen molar-refractivity contribution in [1.29, 1.82) is 0 Å². The molecule has 0 aliphatic carbocycles. The molecule has 1 aromatic carbocycles. The summed E-state index contributed by atoms with van der Waals surface area (Å²) in [6, 6.07) is 8.52. The first kappa shape index (κ1) is 15.5. The van der Waals surface area contributed by atoms with Crippen molar-refractivity contribution in [3.8, 4) is 5.75 Å². The van der Waals surface area contributed by atoms with Crippen molar-refractivity contribution >= 4 is 15.9 Å². The SMILES string of the molecule is CCC(CC)C(C)NCCOc1ccc(Br)cc1. The van der Waals surface area contributed by atoms with Crippen molar-refractivity contribution in [2.24, 2.45) is 5.92 Å². The van der Waals surface area contributed by atoms with E-state index >= 15 is 0 Å². The highest BCUT2D eigenvalue weighted by Gasteiger charge is 2.11. The Hall–Kier alpha value is -0.540. The fraction of sp³-hybridized carbons (Fsp3) is 0.600. The fourth-order valence-corrected chi connectivity index (χ4v) is 2.41. The van der Waals surface area contributed by atoms with Crippen LogP contribution in [-0.4, -0.2) is 19.2 Å². The van der Waals surface area contributed by atoms with E-state index in [-0.39, 0.29) is 0 Å². The van der Waals surface area contributed by atoms with Crippen LogP contribution in [0.1, 0.15) is 33.6 Å². The van der Waals surface area contributed by atoms with Crippen molar-refractivity contribution in [2.45, 2.75) is 39.7 Å². The molecule has 3 heteroatoms. The van der Waals surface area contributed by atoms with Gasteiger partial charge in [-0.15, -0.1) is 0 Å². The number of hydrogen-bond acceptors (Lipinski definition) is 2. The maximum atomic E-state index is 5.68. The molecule has 0 amide bonds. The Balaban J connectivity index is 2.20. The first-order chi connectivity index (χ1) is 8.67. The highest BCUT2D eigenvalue weighted by molar-refractivity contribution is 9.10. The van der Waals surface area contributed by atoms with Gasteiger partial charge in [0.1, 0.15) is 12.4 Å². The molecule has 0 aromatic heterocycles. The van der Waals surface area contributed by atoms with E-state index < -0.39 is 0 Å². The topological polar surface area (TPSA) is 21.3 Å². The molecule has 2 nitrogen and oxygen atoms in total. The average Bonchev–Trinajstić information content (AvgIpc) is 2.38. The number of benzene rings is 1. The van der Waals surface area contributed by atoms with Gasteiger partial charge in [-0.25, -0.2) is 0 Å². The molecule has 1 atom stereocenters. The van der Waals surface area contributed by atoms with E-state index in [9.17, 15) is 0 Å². The van der Waals surface area contributed by atoms with Gasteiger partial charge in [-0.05, 0) is 37.1 Å². The fourth-order valence-electron chi connectivity index (χ4n) is 2.15. The monoisotopic (exact) mass is 313 g/mol. The summed E-state index contributed by atoms with van der Waals surface area (Å²) in [4.78, 5) is 0. The number of halogens is 1. The van der Waals surface area contributed by atoms with Crippen LogP contribution in [0.25, 0.3) is 0 Å². The summed E-state index contributed by atoms with van der Waals surface area (Å²) in [7, 11) is 0. The van der Waals surface area contributed by atoms with Crippen molar-refractivity contribution in [2.75, 3.05) is 13.2 Å². The summed E-state index contributed by atoms with van der Waals surface area (Å²) in [5.74, 6) is 1.69. The molecule has 1 N–H and O–H groups in total. The molecule has 1 aromatic rings. The van der Waals surface area contributed by atoms with Crippen molar-refractivity contribution in [3.63, 3.8) is 0 Å². The lowest BCUT2D eigenvalue weighted by Crippen LogP contribution is -2.35. The molecule has 0 heterocycles. The second-order valence-corrected chi connectivity index (χ2v) is 5.54. The normalized spacial score (nSPS) is 12.7. The molecular formula is C15H24BrNO. The van der Waals surface area contributed by atoms with Gasteiger partial charge in [0.2, 0.25) is 0 Å². The van der Waals surface area contributed by atoms with Gasteiger partial charge in [0.15, 0.2) is 0 Å². The highest BCUT2D eigenvalue weighted by atomic mass is 79.9. The third-order valence-electron chi connectivity index (χ3n) is 3.41. The molecule has 1 rings (SSSR count). The molecule has 0 aliphatic rings. The summed E-state index contributed by atoms with van der Waals surface area (Å²) in [6.07, 6.45) is 2.47. The lowest BCUT2D eigenvalue weighted by molar-refractivity contribution is 0.284. The van der Waals surface area contributed by atoms with Gasteiger partial charge < -0.3 is 10.1 Å². The molecule has 102 valence electrons. The van der Waals surface area contributed by atoms with E-state index in [1.54, 1.807) is 0 Å². The zero-order valence-corrected chi connectivity index (χ0v) is 13.2. The number of rotatable bonds is 8. The standard InChI is InChI=1S/C15H24BrNO/c1-4-13(5-2)12(3)17-10-11-18-15-8-6-14(16)7-9-15/h6-9,12-13,17H,4-5,10-11H2,1-3H3. The van der Waals surface area contributed by atoms with Crippen molar-refractivity contribution < 1.29 is 4.74 Å². The summed E-state index contributed by atoms with van der Waals surface area (Å²) in [5.41, 5.74) is 0. The quantitative estimate of drug-likeness (QED) is 0.725. The Morgan fingerprint density at radius 3 is 2.33 bits per heavy atom. The Bertz CT molecular complexity index is 322. The van der Waals surface area contributed by atoms with Crippen LogP contribution < -0.4 is 10.1 Å². The first-order valence-corrected chi connectivity index (χ1v) is 7.58. The van der Waals surface area contributed by atoms with Crippen molar-refractivity contribution in [3.05, 3.63) is 28.7 Å². The highest BCUT2D eigenvalue weighted by Crippen LogP contribution is 2.16. The van der Waals surface area contributed by atoms with Gasteiger partial charge in [-0.3, -0.25) is 0 Å². The van der Waals surface area contributed by atoms with Crippen LogP contribution in [0.3, 0.4) is 0 Å². The van der Waals surface area contributed by atoms with Gasteiger partial charge >= 0.3 is 0 Å². The van der Waals surface area contributed by atoms with Crippen molar-refractivity contribution in [1.82, 2.24) is 5.32 Å². The first-order valence-electron chi connectivity index (χ1n) is 6.79. The molecule has 0 bridgehead atoms. The third kappa shape index (κ3) is 5.40. The summed E-state index contributed by atoms with van der Waals surface area (Å²) >= 11 is 3.41. The summed E-state index contributed by atoms with van der Waals surface area (Å²) < 4.78 is 6.75. The van der Waals surface area contributed by atoms with Crippen LogP contribution in [0.5, 0.6) is 5.75 Å².